The summed E-state index contributed by atoms with van der Waals surface area (Å²) in [6, 6.07) is -0.435. The van der Waals surface area contributed by atoms with Crippen molar-refractivity contribution in [1.82, 2.24) is 9.80 Å². The number of urea groups is 1. The van der Waals surface area contributed by atoms with E-state index in [0.717, 1.165) is 17.7 Å². The average Bonchev–Trinajstić information content (AvgIpc) is 2.25. The second kappa shape index (κ2) is 6.96. The maximum Gasteiger partial charge on any atom is 0.323 e. The van der Waals surface area contributed by atoms with Crippen LogP contribution in [0.2, 0.25) is 0 Å². The molecule has 19 heavy (non-hydrogen) atoms. The highest BCUT2D eigenvalue weighted by atomic mass is 16.4. The quantitative estimate of drug-likeness (QED) is 0.685. The van der Waals surface area contributed by atoms with Gasteiger partial charge in [-0.1, -0.05) is 6.42 Å². The topological polar surface area (TPSA) is 104 Å². The van der Waals surface area contributed by atoms with Crippen molar-refractivity contribution in [2.24, 2.45) is 11.7 Å². The molecule has 108 valence electrons. The van der Waals surface area contributed by atoms with Gasteiger partial charge < -0.3 is 20.6 Å². The summed E-state index contributed by atoms with van der Waals surface area (Å²) < 4.78 is 0. The van der Waals surface area contributed by atoms with Crippen molar-refractivity contribution in [1.29, 1.82) is 0 Å². The molecule has 0 spiro atoms. The predicted molar refractivity (Wildman–Crippen MR) is 68.4 cm³/mol. The van der Waals surface area contributed by atoms with E-state index in [1.54, 1.807) is 4.90 Å². The highest BCUT2D eigenvalue weighted by Crippen LogP contribution is 2.27. The van der Waals surface area contributed by atoms with E-state index >= 15 is 0 Å². The van der Waals surface area contributed by atoms with E-state index in [2.05, 4.69) is 0 Å². The summed E-state index contributed by atoms with van der Waals surface area (Å²) in [5.74, 6) is -1.38. The number of rotatable bonds is 7. The standard InChI is InChI=1S/C12H21N3O4/c1-2-14(6-9-4-3-5-9)12(19)15(7-10(13)16)8-11(17)18/h9H,2-8H2,1H3,(H2,13,16)(H,17,18). The molecule has 0 unspecified atom stereocenters. The lowest BCUT2D eigenvalue weighted by Gasteiger charge is -2.34. The summed E-state index contributed by atoms with van der Waals surface area (Å²) in [6.45, 7) is 2.06. The summed E-state index contributed by atoms with van der Waals surface area (Å²) >= 11 is 0. The molecule has 0 aromatic carbocycles. The minimum atomic E-state index is -1.16. The Morgan fingerprint density at radius 3 is 2.21 bits per heavy atom. The first-order valence-electron chi connectivity index (χ1n) is 6.48. The molecule has 0 saturated heterocycles. The minimum absolute atomic E-state index is 0.369. The van der Waals surface area contributed by atoms with Crippen molar-refractivity contribution in [3.63, 3.8) is 0 Å². The monoisotopic (exact) mass is 271 g/mol. The Bertz CT molecular complexity index is 339. The maximum absolute atomic E-state index is 12.2. The lowest BCUT2D eigenvalue weighted by molar-refractivity contribution is -0.138. The molecular formula is C12H21N3O4. The number of nitrogens with zero attached hydrogens (tertiary/aromatic N) is 2. The molecule has 1 fully saturated rings. The molecule has 0 aliphatic heterocycles. The van der Waals surface area contributed by atoms with Gasteiger partial charge in [-0.2, -0.15) is 0 Å². The zero-order valence-corrected chi connectivity index (χ0v) is 11.2. The smallest absolute Gasteiger partial charge is 0.323 e. The molecule has 1 rings (SSSR count). The molecule has 0 aromatic heterocycles. The van der Waals surface area contributed by atoms with Gasteiger partial charge in [0.2, 0.25) is 5.91 Å². The van der Waals surface area contributed by atoms with Crippen molar-refractivity contribution >= 4 is 17.9 Å². The Morgan fingerprint density at radius 1 is 1.21 bits per heavy atom. The van der Waals surface area contributed by atoms with Gasteiger partial charge in [-0.3, -0.25) is 9.59 Å². The molecule has 0 heterocycles. The van der Waals surface area contributed by atoms with Gasteiger partial charge in [0, 0.05) is 13.1 Å². The molecule has 7 heteroatoms. The van der Waals surface area contributed by atoms with Crippen LogP contribution >= 0.6 is 0 Å². The van der Waals surface area contributed by atoms with Gasteiger partial charge in [-0.05, 0) is 25.7 Å². The molecule has 0 radical (unpaired) electrons. The van der Waals surface area contributed by atoms with Crippen molar-refractivity contribution in [3.8, 4) is 0 Å². The normalized spacial score (nSPS) is 14.6. The number of amides is 3. The third-order valence-electron chi connectivity index (χ3n) is 3.30. The molecule has 7 nitrogen and oxygen atoms in total. The molecule has 1 aliphatic rings. The summed E-state index contributed by atoms with van der Waals surface area (Å²) in [7, 11) is 0. The van der Waals surface area contributed by atoms with Crippen molar-refractivity contribution in [3.05, 3.63) is 0 Å². The first kappa shape index (κ1) is 15.3. The van der Waals surface area contributed by atoms with Crippen LogP contribution in [0.25, 0.3) is 0 Å². The zero-order valence-electron chi connectivity index (χ0n) is 11.2. The van der Waals surface area contributed by atoms with Crippen LogP contribution in [-0.2, 0) is 9.59 Å². The predicted octanol–water partition coefficient (Wildman–Crippen LogP) is 0.100. The largest absolute Gasteiger partial charge is 0.480 e. The second-order valence-corrected chi connectivity index (χ2v) is 4.83. The number of carboxylic acid groups (broad SMARTS) is 1. The van der Waals surface area contributed by atoms with Crippen LogP contribution in [0.1, 0.15) is 26.2 Å². The average molecular weight is 271 g/mol. The van der Waals surface area contributed by atoms with Crippen LogP contribution in [0, 0.1) is 5.92 Å². The van der Waals surface area contributed by atoms with E-state index in [9.17, 15) is 14.4 Å². The number of carbonyl (C=O) groups is 3. The fraction of sp³-hybridized carbons (Fsp3) is 0.750. The highest BCUT2D eigenvalue weighted by molar-refractivity contribution is 5.85. The van der Waals surface area contributed by atoms with Gasteiger partial charge >= 0.3 is 12.0 Å². The van der Waals surface area contributed by atoms with Crippen molar-refractivity contribution in [2.45, 2.75) is 26.2 Å². The number of carbonyl (C=O) groups excluding carboxylic acids is 2. The Kier molecular flexibility index (Phi) is 5.59. The molecule has 0 bridgehead atoms. The molecule has 1 aliphatic carbocycles. The summed E-state index contributed by atoms with van der Waals surface area (Å²) in [5.41, 5.74) is 5.04. The van der Waals surface area contributed by atoms with E-state index in [1.165, 1.54) is 6.42 Å². The zero-order chi connectivity index (χ0) is 14.4. The number of nitrogens with two attached hydrogens (primary N) is 1. The molecule has 3 N–H and O–H groups in total. The Balaban J connectivity index is 2.64. The van der Waals surface area contributed by atoms with Crippen LogP contribution in [0.5, 0.6) is 0 Å². The summed E-state index contributed by atoms with van der Waals surface area (Å²) in [4.78, 5) is 36.4. The fourth-order valence-electron chi connectivity index (χ4n) is 2.07. The van der Waals surface area contributed by atoms with Crippen LogP contribution < -0.4 is 5.73 Å². The molecular weight excluding hydrogens is 250 g/mol. The van der Waals surface area contributed by atoms with E-state index in [1.807, 2.05) is 6.92 Å². The van der Waals surface area contributed by atoms with Crippen LogP contribution in [0.3, 0.4) is 0 Å². The SMILES string of the molecule is CCN(CC1CCC1)C(=O)N(CC(N)=O)CC(=O)O. The van der Waals surface area contributed by atoms with Gasteiger partial charge in [-0.25, -0.2) is 4.79 Å². The van der Waals surface area contributed by atoms with Gasteiger partial charge in [0.25, 0.3) is 0 Å². The number of aliphatic carboxylic acids is 1. The lowest BCUT2D eigenvalue weighted by Crippen LogP contribution is -2.50. The molecule has 0 aromatic rings. The van der Waals surface area contributed by atoms with Crippen molar-refractivity contribution in [2.75, 3.05) is 26.2 Å². The first-order valence-corrected chi connectivity index (χ1v) is 6.48. The van der Waals surface area contributed by atoms with Crippen LogP contribution in [0.4, 0.5) is 4.79 Å². The highest BCUT2D eigenvalue weighted by Gasteiger charge is 2.27. The van der Waals surface area contributed by atoms with Gasteiger partial charge in [0.05, 0.1) is 0 Å². The molecule has 3 amide bonds. The molecule has 0 atom stereocenters. The minimum Gasteiger partial charge on any atom is -0.480 e. The number of carboxylic acids is 1. The van der Waals surface area contributed by atoms with E-state index in [0.29, 0.717) is 19.0 Å². The van der Waals surface area contributed by atoms with Gasteiger partial charge in [-0.15, -0.1) is 0 Å². The van der Waals surface area contributed by atoms with Gasteiger partial charge in [0.15, 0.2) is 0 Å². The Labute approximate surface area is 112 Å². The Hall–Kier alpha value is -1.79. The summed E-state index contributed by atoms with van der Waals surface area (Å²) in [5, 5.41) is 8.77. The van der Waals surface area contributed by atoms with E-state index in [-0.39, 0.29) is 6.54 Å². The third kappa shape index (κ3) is 4.76. The lowest BCUT2D eigenvalue weighted by atomic mass is 9.85. The number of hydrogen-bond acceptors (Lipinski definition) is 3. The fourth-order valence-corrected chi connectivity index (χ4v) is 2.07. The Morgan fingerprint density at radius 2 is 1.84 bits per heavy atom. The summed E-state index contributed by atoms with van der Waals surface area (Å²) in [6.07, 6.45) is 3.37. The van der Waals surface area contributed by atoms with E-state index in [4.69, 9.17) is 10.8 Å². The number of primary amides is 1. The number of hydrogen-bond donors (Lipinski definition) is 2. The molecule has 1 saturated carbocycles. The van der Waals surface area contributed by atoms with E-state index < -0.39 is 24.5 Å². The van der Waals surface area contributed by atoms with Crippen LogP contribution in [0.15, 0.2) is 0 Å². The third-order valence-corrected chi connectivity index (χ3v) is 3.30. The van der Waals surface area contributed by atoms with Gasteiger partial charge in [0.1, 0.15) is 13.1 Å². The van der Waals surface area contributed by atoms with Crippen LogP contribution in [-0.4, -0.2) is 59.0 Å². The van der Waals surface area contributed by atoms with Crippen molar-refractivity contribution < 1.29 is 19.5 Å². The second-order valence-electron chi connectivity index (χ2n) is 4.83. The maximum atomic E-state index is 12.2. The first-order chi connectivity index (χ1) is 8.93.